The van der Waals surface area contributed by atoms with Gasteiger partial charge >= 0.3 is 0 Å². The zero-order valence-electron chi connectivity index (χ0n) is 18.5. The van der Waals surface area contributed by atoms with Crippen molar-refractivity contribution in [2.75, 3.05) is 4.90 Å². The summed E-state index contributed by atoms with van der Waals surface area (Å²) in [6.07, 6.45) is 8.69. The molecule has 1 unspecified atom stereocenters. The molecule has 2 heterocycles. The zero-order chi connectivity index (χ0) is 22.3. The molecule has 0 saturated heterocycles. The highest BCUT2D eigenvalue weighted by atomic mass is 35.5. The maximum absolute atomic E-state index is 6.25. The van der Waals surface area contributed by atoms with Gasteiger partial charge in [0.25, 0.3) is 0 Å². The van der Waals surface area contributed by atoms with Crippen LogP contribution in [0.2, 0.25) is 5.02 Å². The number of dihydropyridines is 1. The fourth-order valence-corrected chi connectivity index (χ4v) is 7.31. The molecule has 33 heavy (non-hydrogen) atoms. The summed E-state index contributed by atoms with van der Waals surface area (Å²) in [6, 6.07) is 30.0. The van der Waals surface area contributed by atoms with E-state index >= 15 is 0 Å². The van der Waals surface area contributed by atoms with Gasteiger partial charge in [0.15, 0.2) is 0 Å². The van der Waals surface area contributed by atoms with Crippen molar-refractivity contribution >= 4 is 34.7 Å². The highest BCUT2D eigenvalue weighted by Crippen LogP contribution is 2.59. The molecule has 1 aliphatic carbocycles. The Morgan fingerprint density at radius 1 is 0.818 bits per heavy atom. The smallest absolute Gasteiger partial charge is 0.122 e. The van der Waals surface area contributed by atoms with Crippen molar-refractivity contribution in [2.24, 2.45) is 0 Å². The van der Waals surface area contributed by atoms with Gasteiger partial charge in [-0.1, -0.05) is 103 Å². The molecular formula is C29H27ClN2S. The number of nitrogens with one attached hydrogen (secondary N) is 1. The summed E-state index contributed by atoms with van der Waals surface area (Å²) in [5.74, 6) is 1.45. The fraction of sp³-hybridized carbons (Fsp3) is 0.241. The van der Waals surface area contributed by atoms with Gasteiger partial charge in [-0.05, 0) is 54.3 Å². The first kappa shape index (κ1) is 20.9. The summed E-state index contributed by atoms with van der Waals surface area (Å²) >= 11 is 8.34. The molecule has 2 nitrogen and oxygen atoms in total. The molecule has 1 N–H and O–H groups in total. The van der Waals surface area contributed by atoms with Crippen LogP contribution < -0.4 is 10.2 Å². The molecular weight excluding hydrogens is 444 g/mol. The quantitative estimate of drug-likeness (QED) is 0.415. The third kappa shape index (κ3) is 3.78. The van der Waals surface area contributed by atoms with E-state index in [1.54, 1.807) is 0 Å². The lowest BCUT2D eigenvalue weighted by Crippen LogP contribution is -2.46. The van der Waals surface area contributed by atoms with Crippen LogP contribution in [0.4, 0.5) is 5.69 Å². The van der Waals surface area contributed by atoms with Crippen molar-refractivity contribution < 1.29 is 0 Å². The number of allylic oxidation sites excluding steroid dienone is 2. The minimum atomic E-state index is 0.0714. The van der Waals surface area contributed by atoms with E-state index in [0.29, 0.717) is 0 Å². The molecule has 3 aromatic rings. The Morgan fingerprint density at radius 2 is 1.48 bits per heavy atom. The second kappa shape index (κ2) is 8.62. The van der Waals surface area contributed by atoms with E-state index in [9.17, 15) is 0 Å². The van der Waals surface area contributed by atoms with Gasteiger partial charge in [-0.3, -0.25) is 0 Å². The molecule has 3 aliphatic rings. The number of benzene rings is 3. The maximum Gasteiger partial charge on any atom is 0.122 e. The third-order valence-corrected chi connectivity index (χ3v) is 8.89. The van der Waals surface area contributed by atoms with Crippen molar-refractivity contribution in [3.8, 4) is 0 Å². The van der Waals surface area contributed by atoms with Gasteiger partial charge < -0.3 is 10.2 Å². The van der Waals surface area contributed by atoms with Crippen LogP contribution >= 0.6 is 23.4 Å². The van der Waals surface area contributed by atoms with Crippen molar-refractivity contribution in [2.45, 2.75) is 42.9 Å². The Morgan fingerprint density at radius 3 is 2.18 bits per heavy atom. The maximum atomic E-state index is 6.25. The largest absolute Gasteiger partial charge is 0.341 e. The lowest BCUT2D eigenvalue weighted by Gasteiger charge is -2.43. The molecule has 166 valence electrons. The monoisotopic (exact) mass is 470 g/mol. The normalized spacial score (nSPS) is 21.5. The van der Waals surface area contributed by atoms with E-state index in [4.69, 9.17) is 11.6 Å². The standard InChI is InChI=1S/C29H27ClN2S/c30-23-16-14-21(15-17-23)25-20-26(22-10-4-1-5-11-22)31-28-27(25)33-29(18-8-3-9-19-29)32(28)24-12-6-2-7-13-24/h1-2,4-7,10-17,20,25,31H,3,8-9,18-19H2. The van der Waals surface area contributed by atoms with E-state index in [1.165, 1.54) is 65.3 Å². The lowest BCUT2D eigenvalue weighted by atomic mass is 9.91. The third-order valence-electron chi connectivity index (χ3n) is 7.00. The predicted molar refractivity (Wildman–Crippen MR) is 141 cm³/mol. The SMILES string of the molecule is Clc1ccc(C2C=C(c3ccccc3)NC3=C2SC2(CCCCC2)N3c2ccccc2)cc1. The van der Waals surface area contributed by atoms with Gasteiger partial charge in [-0.25, -0.2) is 0 Å². The topological polar surface area (TPSA) is 15.3 Å². The van der Waals surface area contributed by atoms with Crippen molar-refractivity contribution in [1.82, 2.24) is 5.32 Å². The van der Waals surface area contributed by atoms with E-state index in [0.717, 1.165) is 5.02 Å². The Balaban J connectivity index is 1.51. The van der Waals surface area contributed by atoms with Crippen LogP contribution in [0.1, 0.15) is 49.1 Å². The Labute approximate surface area is 205 Å². The van der Waals surface area contributed by atoms with Crippen LogP contribution in [-0.4, -0.2) is 4.87 Å². The van der Waals surface area contributed by atoms with Crippen molar-refractivity contribution in [3.63, 3.8) is 0 Å². The van der Waals surface area contributed by atoms with E-state index in [1.807, 2.05) is 12.1 Å². The summed E-state index contributed by atoms with van der Waals surface area (Å²) in [4.78, 5) is 4.11. The lowest BCUT2D eigenvalue weighted by molar-refractivity contribution is 0.397. The minimum Gasteiger partial charge on any atom is -0.341 e. The van der Waals surface area contributed by atoms with Gasteiger partial charge in [0.2, 0.25) is 0 Å². The van der Waals surface area contributed by atoms with Gasteiger partial charge in [0, 0.05) is 27.2 Å². The Kier molecular flexibility index (Phi) is 5.48. The van der Waals surface area contributed by atoms with E-state index in [2.05, 4.69) is 101 Å². The second-order valence-corrected chi connectivity index (χ2v) is 10.9. The van der Waals surface area contributed by atoms with Crippen LogP contribution in [0.3, 0.4) is 0 Å². The first-order valence-electron chi connectivity index (χ1n) is 11.8. The van der Waals surface area contributed by atoms with Crippen LogP contribution in [0.15, 0.2) is 102 Å². The second-order valence-electron chi connectivity index (χ2n) is 9.09. The van der Waals surface area contributed by atoms with Gasteiger partial charge in [-0.2, -0.15) is 0 Å². The number of hydrogen-bond acceptors (Lipinski definition) is 3. The molecule has 1 fully saturated rings. The summed E-state index contributed by atoms with van der Waals surface area (Å²) in [6.45, 7) is 0. The first-order chi connectivity index (χ1) is 16.2. The van der Waals surface area contributed by atoms with Crippen LogP contribution in [-0.2, 0) is 0 Å². The number of nitrogens with zero attached hydrogens (tertiary/aromatic N) is 1. The molecule has 0 aromatic heterocycles. The minimum absolute atomic E-state index is 0.0714. The summed E-state index contributed by atoms with van der Waals surface area (Å²) in [5, 5.41) is 4.66. The summed E-state index contributed by atoms with van der Waals surface area (Å²) in [7, 11) is 0. The molecule has 0 amide bonds. The number of anilines is 1. The fourth-order valence-electron chi connectivity index (χ4n) is 5.43. The van der Waals surface area contributed by atoms with Crippen molar-refractivity contribution in [1.29, 1.82) is 0 Å². The zero-order valence-corrected chi connectivity index (χ0v) is 20.1. The highest BCUT2D eigenvalue weighted by molar-refractivity contribution is 8.04. The molecule has 0 bridgehead atoms. The Hall–Kier alpha value is -2.62. The molecule has 1 atom stereocenters. The number of para-hydroxylation sites is 1. The average molecular weight is 471 g/mol. The summed E-state index contributed by atoms with van der Waals surface area (Å²) < 4.78 is 0. The molecule has 4 heteroatoms. The number of hydrogen-bond donors (Lipinski definition) is 1. The molecule has 1 saturated carbocycles. The molecule has 0 radical (unpaired) electrons. The predicted octanol–water partition coefficient (Wildman–Crippen LogP) is 8.15. The molecule has 6 rings (SSSR count). The van der Waals surface area contributed by atoms with E-state index < -0.39 is 0 Å². The highest BCUT2D eigenvalue weighted by Gasteiger charge is 2.50. The first-order valence-corrected chi connectivity index (χ1v) is 13.0. The van der Waals surface area contributed by atoms with Crippen molar-refractivity contribution in [3.05, 3.63) is 118 Å². The molecule has 1 spiro atoms. The molecule has 2 aliphatic heterocycles. The van der Waals surface area contributed by atoms with Crippen LogP contribution in [0.5, 0.6) is 0 Å². The average Bonchev–Trinajstić information content (AvgIpc) is 3.18. The number of rotatable bonds is 3. The van der Waals surface area contributed by atoms with Gasteiger partial charge in [0.05, 0.1) is 4.87 Å². The van der Waals surface area contributed by atoms with Gasteiger partial charge in [0.1, 0.15) is 5.82 Å². The van der Waals surface area contributed by atoms with E-state index in [-0.39, 0.29) is 10.8 Å². The Bertz CT molecular complexity index is 1200. The number of halogens is 1. The van der Waals surface area contributed by atoms with Gasteiger partial charge in [-0.15, -0.1) is 0 Å². The molecule has 3 aromatic carbocycles. The summed E-state index contributed by atoms with van der Waals surface area (Å²) in [5.41, 5.74) is 4.94. The van der Waals surface area contributed by atoms with Crippen LogP contribution in [0.25, 0.3) is 5.70 Å². The number of thioether (sulfide) groups is 1. The van der Waals surface area contributed by atoms with Crippen LogP contribution in [0, 0.1) is 0 Å².